The third-order valence-electron chi connectivity index (χ3n) is 5.94. The van der Waals surface area contributed by atoms with Gasteiger partial charge < -0.3 is 10.2 Å². The molecule has 0 spiro atoms. The zero-order valence-corrected chi connectivity index (χ0v) is 19.0. The molecule has 1 fully saturated rings. The molecular formula is C24H26ClN5O2. The number of anilines is 1. The van der Waals surface area contributed by atoms with Gasteiger partial charge in [-0.3, -0.25) is 14.3 Å². The second kappa shape index (κ2) is 9.53. The molecule has 2 amide bonds. The van der Waals surface area contributed by atoms with Crippen LogP contribution >= 0.6 is 11.6 Å². The summed E-state index contributed by atoms with van der Waals surface area (Å²) in [4.78, 5) is 31.8. The fourth-order valence-electron chi connectivity index (χ4n) is 4.12. The van der Waals surface area contributed by atoms with E-state index in [4.69, 9.17) is 11.6 Å². The Kier molecular flexibility index (Phi) is 6.55. The Morgan fingerprint density at radius 1 is 1.09 bits per heavy atom. The first-order valence-electron chi connectivity index (χ1n) is 10.7. The maximum absolute atomic E-state index is 13.3. The maximum Gasteiger partial charge on any atom is 0.257 e. The molecule has 0 atom stereocenters. The van der Waals surface area contributed by atoms with Gasteiger partial charge in [-0.2, -0.15) is 5.10 Å². The van der Waals surface area contributed by atoms with Crippen LogP contribution in [0.2, 0.25) is 5.02 Å². The third-order valence-corrected chi connectivity index (χ3v) is 6.31. The van der Waals surface area contributed by atoms with E-state index in [0.29, 0.717) is 54.6 Å². The number of amides is 2. The van der Waals surface area contributed by atoms with Crippen LogP contribution in [0.4, 0.5) is 5.82 Å². The molecular weight excluding hydrogens is 426 g/mol. The van der Waals surface area contributed by atoms with Gasteiger partial charge in [0.2, 0.25) is 5.91 Å². The van der Waals surface area contributed by atoms with E-state index in [1.165, 1.54) is 0 Å². The van der Waals surface area contributed by atoms with Crippen LogP contribution in [0, 0.1) is 19.8 Å². The fraction of sp³-hybridized carbons (Fsp3) is 0.333. The van der Waals surface area contributed by atoms with Crippen LogP contribution in [-0.4, -0.2) is 44.6 Å². The lowest BCUT2D eigenvalue weighted by Crippen LogP contribution is -2.41. The van der Waals surface area contributed by atoms with Crippen molar-refractivity contribution in [1.82, 2.24) is 19.7 Å². The molecule has 1 N–H and O–H groups in total. The van der Waals surface area contributed by atoms with Crippen LogP contribution in [0.1, 0.15) is 40.2 Å². The minimum Gasteiger partial charge on any atom is -0.338 e. The molecule has 0 bridgehead atoms. The van der Waals surface area contributed by atoms with Gasteiger partial charge in [0, 0.05) is 35.9 Å². The molecule has 0 unspecified atom stereocenters. The zero-order chi connectivity index (χ0) is 22.7. The van der Waals surface area contributed by atoms with Gasteiger partial charge in [0.15, 0.2) is 0 Å². The number of rotatable bonds is 5. The number of pyridine rings is 1. The number of likely N-dealkylation sites (tertiary alicyclic amines) is 1. The third kappa shape index (κ3) is 4.67. The summed E-state index contributed by atoms with van der Waals surface area (Å²) < 4.78 is 1.83. The summed E-state index contributed by atoms with van der Waals surface area (Å²) in [6.07, 6.45) is 2.89. The minimum absolute atomic E-state index is 0.0333. The molecule has 2 aromatic heterocycles. The first-order chi connectivity index (χ1) is 15.4. The first-order valence-corrected chi connectivity index (χ1v) is 11.1. The van der Waals surface area contributed by atoms with Gasteiger partial charge in [-0.15, -0.1) is 0 Å². The van der Waals surface area contributed by atoms with Crippen molar-refractivity contribution < 1.29 is 9.59 Å². The number of aryl methyl sites for hydroxylation is 1. The van der Waals surface area contributed by atoms with Crippen molar-refractivity contribution in [2.75, 3.05) is 18.4 Å². The van der Waals surface area contributed by atoms with Crippen LogP contribution in [0.3, 0.4) is 0 Å². The molecule has 166 valence electrons. The summed E-state index contributed by atoms with van der Waals surface area (Å²) in [6, 6.07) is 13.0. The van der Waals surface area contributed by atoms with Crippen molar-refractivity contribution in [3.63, 3.8) is 0 Å². The van der Waals surface area contributed by atoms with Crippen LogP contribution in [0.15, 0.2) is 48.7 Å². The van der Waals surface area contributed by atoms with Gasteiger partial charge in [-0.05, 0) is 50.5 Å². The lowest BCUT2D eigenvalue weighted by Gasteiger charge is -2.31. The summed E-state index contributed by atoms with van der Waals surface area (Å²) >= 11 is 6.29. The van der Waals surface area contributed by atoms with Gasteiger partial charge in [0.1, 0.15) is 5.82 Å². The second-order valence-electron chi connectivity index (χ2n) is 8.07. The molecule has 3 aromatic rings. The van der Waals surface area contributed by atoms with Crippen molar-refractivity contribution >= 4 is 29.2 Å². The fourth-order valence-corrected chi connectivity index (χ4v) is 4.31. The van der Waals surface area contributed by atoms with E-state index >= 15 is 0 Å². The Hall–Kier alpha value is -3.19. The smallest absolute Gasteiger partial charge is 0.257 e. The van der Waals surface area contributed by atoms with Crippen molar-refractivity contribution in [3.05, 3.63) is 76.2 Å². The number of benzene rings is 1. The number of aromatic nitrogens is 3. The average molecular weight is 452 g/mol. The lowest BCUT2D eigenvalue weighted by molar-refractivity contribution is -0.121. The highest BCUT2D eigenvalue weighted by Gasteiger charge is 2.30. The van der Waals surface area contributed by atoms with E-state index in [9.17, 15) is 9.59 Å². The number of carbonyl (C=O) groups excluding carboxylic acids is 2. The lowest BCUT2D eigenvalue weighted by atomic mass is 9.95. The van der Waals surface area contributed by atoms with E-state index < -0.39 is 0 Å². The van der Waals surface area contributed by atoms with Crippen molar-refractivity contribution in [3.8, 4) is 0 Å². The molecule has 0 saturated carbocycles. The highest BCUT2D eigenvalue weighted by atomic mass is 35.5. The van der Waals surface area contributed by atoms with Gasteiger partial charge in [0.25, 0.3) is 5.91 Å². The highest BCUT2D eigenvalue weighted by molar-refractivity contribution is 6.31. The Balaban J connectivity index is 1.40. The molecule has 8 heteroatoms. The van der Waals surface area contributed by atoms with Crippen molar-refractivity contribution in [2.45, 2.75) is 33.2 Å². The Labute approximate surface area is 192 Å². The molecule has 32 heavy (non-hydrogen) atoms. The number of nitrogens with one attached hydrogen (secondary N) is 1. The predicted octanol–water partition coefficient (Wildman–Crippen LogP) is 4.09. The standard InChI is InChI=1S/C24H26ClN5O2/c1-16-22(17(2)30(28-16)15-19-7-3-4-8-20(19)25)24(32)29-13-10-18(11-14-29)23(31)27-21-9-5-6-12-26-21/h3-9,12,18H,10-11,13-15H2,1-2H3,(H,26,27,31). The number of carbonyl (C=O) groups is 2. The van der Waals surface area contributed by atoms with Crippen LogP contribution in [0.5, 0.6) is 0 Å². The molecule has 1 aliphatic heterocycles. The number of hydrogen-bond donors (Lipinski definition) is 1. The van der Waals surface area contributed by atoms with E-state index in [2.05, 4.69) is 15.4 Å². The SMILES string of the molecule is Cc1nn(Cc2ccccc2Cl)c(C)c1C(=O)N1CCC(C(=O)Nc2ccccn2)CC1. The molecule has 7 nitrogen and oxygen atoms in total. The van der Waals surface area contributed by atoms with E-state index in [0.717, 1.165) is 11.3 Å². The monoisotopic (exact) mass is 451 g/mol. The summed E-state index contributed by atoms with van der Waals surface area (Å²) in [5.41, 5.74) is 3.11. The van der Waals surface area contributed by atoms with Crippen LogP contribution < -0.4 is 5.32 Å². The summed E-state index contributed by atoms with van der Waals surface area (Å²) in [6.45, 7) is 5.35. The highest BCUT2D eigenvalue weighted by Crippen LogP contribution is 2.24. The Morgan fingerprint density at radius 3 is 2.50 bits per heavy atom. The quantitative estimate of drug-likeness (QED) is 0.633. The van der Waals surface area contributed by atoms with Crippen LogP contribution in [-0.2, 0) is 11.3 Å². The second-order valence-corrected chi connectivity index (χ2v) is 8.47. The molecule has 3 heterocycles. The molecule has 1 saturated heterocycles. The predicted molar refractivity (Wildman–Crippen MR) is 124 cm³/mol. The normalized spacial score (nSPS) is 14.4. The first kappa shape index (κ1) is 22.0. The molecule has 1 aromatic carbocycles. The molecule has 0 aliphatic carbocycles. The number of piperidine rings is 1. The largest absolute Gasteiger partial charge is 0.338 e. The van der Waals surface area contributed by atoms with Crippen LogP contribution in [0.25, 0.3) is 0 Å². The average Bonchev–Trinajstić information content (AvgIpc) is 3.08. The van der Waals surface area contributed by atoms with Gasteiger partial charge in [0.05, 0.1) is 17.8 Å². The summed E-state index contributed by atoms with van der Waals surface area (Å²) in [7, 11) is 0. The maximum atomic E-state index is 13.3. The summed E-state index contributed by atoms with van der Waals surface area (Å²) in [5.74, 6) is 0.337. The zero-order valence-electron chi connectivity index (χ0n) is 18.2. The molecule has 1 aliphatic rings. The van der Waals surface area contributed by atoms with Gasteiger partial charge in [-0.25, -0.2) is 4.98 Å². The topological polar surface area (TPSA) is 80.1 Å². The van der Waals surface area contributed by atoms with Crippen molar-refractivity contribution in [2.24, 2.45) is 5.92 Å². The Morgan fingerprint density at radius 2 is 1.81 bits per heavy atom. The number of hydrogen-bond acceptors (Lipinski definition) is 4. The summed E-state index contributed by atoms with van der Waals surface area (Å²) in [5, 5.41) is 8.13. The van der Waals surface area contributed by atoms with Gasteiger partial charge >= 0.3 is 0 Å². The molecule has 0 radical (unpaired) electrons. The van der Waals surface area contributed by atoms with E-state index in [1.807, 2.05) is 53.8 Å². The minimum atomic E-state index is -0.133. The number of halogens is 1. The van der Waals surface area contributed by atoms with E-state index in [-0.39, 0.29) is 17.7 Å². The molecule has 4 rings (SSSR count). The van der Waals surface area contributed by atoms with Crippen molar-refractivity contribution in [1.29, 1.82) is 0 Å². The Bertz CT molecular complexity index is 1120. The van der Waals surface area contributed by atoms with Gasteiger partial charge in [-0.1, -0.05) is 35.9 Å². The number of nitrogens with zero attached hydrogens (tertiary/aromatic N) is 4. The van der Waals surface area contributed by atoms with E-state index in [1.54, 1.807) is 18.3 Å².